The lowest BCUT2D eigenvalue weighted by Gasteiger charge is -2.37. The van der Waals surface area contributed by atoms with Gasteiger partial charge in [-0.1, -0.05) is 13.0 Å². The molecule has 2 atom stereocenters. The summed E-state index contributed by atoms with van der Waals surface area (Å²) in [6.45, 7) is 1.73. The summed E-state index contributed by atoms with van der Waals surface area (Å²) in [5.74, 6) is -0.411. The Labute approximate surface area is 217 Å². The van der Waals surface area contributed by atoms with E-state index in [2.05, 4.69) is 10.4 Å². The van der Waals surface area contributed by atoms with Crippen LogP contribution in [0.1, 0.15) is 37.1 Å². The van der Waals surface area contributed by atoms with Crippen LogP contribution < -0.4 is 15.0 Å². The number of anilines is 1. The number of aromatic nitrogens is 2. The Balaban J connectivity index is 1.70. The maximum atomic E-state index is 14.1. The molecule has 0 aliphatic carbocycles. The molecule has 3 aromatic rings. The van der Waals surface area contributed by atoms with E-state index in [4.69, 9.17) is 4.74 Å². The molecule has 2 amide bonds. The smallest absolute Gasteiger partial charge is 0.409 e. The highest BCUT2D eigenvalue weighted by atomic mass is 32.2. The van der Waals surface area contributed by atoms with Gasteiger partial charge < -0.3 is 10.1 Å². The first-order chi connectivity index (χ1) is 17.8. The van der Waals surface area contributed by atoms with Gasteiger partial charge in [0.2, 0.25) is 0 Å². The minimum atomic E-state index is -4.70. The van der Waals surface area contributed by atoms with Crippen molar-refractivity contribution in [2.75, 3.05) is 18.3 Å². The van der Waals surface area contributed by atoms with Crippen LogP contribution in [0.4, 0.5) is 28.0 Å². The fourth-order valence-electron chi connectivity index (χ4n) is 4.58. The van der Waals surface area contributed by atoms with Crippen molar-refractivity contribution in [2.24, 2.45) is 0 Å². The zero-order valence-corrected chi connectivity index (χ0v) is 21.6. The number of amides is 2. The highest BCUT2D eigenvalue weighted by Gasteiger charge is 2.49. The molecular weight excluding hydrogens is 528 g/mol. The Bertz CT molecular complexity index is 1440. The van der Waals surface area contributed by atoms with Crippen molar-refractivity contribution in [1.29, 1.82) is 0 Å². The van der Waals surface area contributed by atoms with Gasteiger partial charge in [0.1, 0.15) is 22.5 Å². The van der Waals surface area contributed by atoms with E-state index in [0.717, 1.165) is 6.26 Å². The van der Waals surface area contributed by atoms with Crippen LogP contribution in [0.5, 0.6) is 5.75 Å². The Kier molecular flexibility index (Phi) is 7.42. The summed E-state index contributed by atoms with van der Waals surface area (Å²) in [5.41, 5.74) is 1.30. The molecule has 1 aliphatic rings. The summed E-state index contributed by atoms with van der Waals surface area (Å²) in [6.07, 6.45) is -2.55. The molecule has 204 valence electrons. The zero-order chi connectivity index (χ0) is 27.8. The molecule has 38 heavy (non-hydrogen) atoms. The number of fused-ring (bicyclic) bond motifs is 1. The summed E-state index contributed by atoms with van der Waals surface area (Å²) >= 11 is 0. The Morgan fingerprint density at radius 2 is 1.89 bits per heavy atom. The lowest BCUT2D eigenvalue weighted by Crippen LogP contribution is -2.55. The molecule has 1 aromatic heterocycles. The third-order valence-corrected chi connectivity index (χ3v) is 7.57. The number of benzene rings is 2. The number of carbonyl (C=O) groups is 1. The van der Waals surface area contributed by atoms with E-state index in [-0.39, 0.29) is 29.2 Å². The van der Waals surface area contributed by atoms with Crippen LogP contribution in [0.3, 0.4) is 0 Å². The van der Waals surface area contributed by atoms with Gasteiger partial charge in [0.15, 0.2) is 9.84 Å². The molecular formula is C25H26F4N4O4S. The standard InChI is InChI=1S/C25H26F4N4O4S/c1-4-18(15-5-11-22(38(3,35)36)21(13-15)37-2)31-24(34)32-20-14-30-33(17-8-6-16(26)7-9-17)19(20)10-12-23(32)25(27,28)29/h5-9,11,13-14,18,23H,4,10,12H2,1-3H3,(H,31,34)/t18-,23?/m0/s1. The van der Waals surface area contributed by atoms with Gasteiger partial charge in [-0.2, -0.15) is 18.3 Å². The number of methoxy groups -OCH3 is 1. The number of carbonyl (C=O) groups excluding carboxylic acids is 1. The first-order valence-corrected chi connectivity index (χ1v) is 13.6. The molecule has 0 saturated carbocycles. The largest absolute Gasteiger partial charge is 0.495 e. The van der Waals surface area contributed by atoms with E-state index in [1.807, 2.05) is 0 Å². The van der Waals surface area contributed by atoms with E-state index in [1.165, 1.54) is 60.5 Å². The van der Waals surface area contributed by atoms with Gasteiger partial charge in [-0.3, -0.25) is 4.90 Å². The summed E-state index contributed by atoms with van der Waals surface area (Å²) in [5, 5.41) is 6.85. The fourth-order valence-corrected chi connectivity index (χ4v) is 5.41. The SMILES string of the molecule is CC[C@H](NC(=O)N1c2cnn(-c3ccc(F)cc3)c2CCC1C(F)(F)F)c1ccc(S(C)(=O)=O)c(OC)c1. The molecule has 0 spiro atoms. The highest BCUT2D eigenvalue weighted by Crippen LogP contribution is 2.39. The van der Waals surface area contributed by atoms with Crippen LogP contribution in [0.15, 0.2) is 53.6 Å². The van der Waals surface area contributed by atoms with Crippen molar-refractivity contribution < 1.29 is 35.5 Å². The number of sulfone groups is 1. The molecule has 13 heteroatoms. The number of urea groups is 1. The van der Waals surface area contributed by atoms with E-state index < -0.39 is 39.9 Å². The summed E-state index contributed by atoms with van der Waals surface area (Å²) in [7, 11) is -2.29. The molecule has 0 saturated heterocycles. The predicted molar refractivity (Wildman–Crippen MR) is 132 cm³/mol. The van der Waals surface area contributed by atoms with Gasteiger partial charge >= 0.3 is 12.2 Å². The number of nitrogens with zero attached hydrogens (tertiary/aromatic N) is 3. The number of hydrogen-bond acceptors (Lipinski definition) is 5. The van der Waals surface area contributed by atoms with Gasteiger partial charge in [-0.25, -0.2) is 22.3 Å². The first kappa shape index (κ1) is 27.4. The normalized spacial score (nSPS) is 16.6. The quantitative estimate of drug-likeness (QED) is 0.435. The average molecular weight is 555 g/mol. The lowest BCUT2D eigenvalue weighted by atomic mass is 10.00. The maximum Gasteiger partial charge on any atom is 0.409 e. The molecule has 2 aromatic carbocycles. The zero-order valence-electron chi connectivity index (χ0n) is 20.8. The molecule has 0 radical (unpaired) electrons. The van der Waals surface area contributed by atoms with Crippen molar-refractivity contribution in [2.45, 2.75) is 49.3 Å². The van der Waals surface area contributed by atoms with Gasteiger partial charge in [0.25, 0.3) is 0 Å². The van der Waals surface area contributed by atoms with E-state index in [9.17, 15) is 30.8 Å². The number of hydrogen-bond donors (Lipinski definition) is 1. The van der Waals surface area contributed by atoms with Crippen LogP contribution >= 0.6 is 0 Å². The second-order valence-corrected chi connectivity index (χ2v) is 10.9. The lowest BCUT2D eigenvalue weighted by molar-refractivity contribution is -0.149. The monoisotopic (exact) mass is 554 g/mol. The number of alkyl halides is 3. The summed E-state index contributed by atoms with van der Waals surface area (Å²) in [6, 6.07) is 5.79. The molecule has 0 fully saturated rings. The van der Waals surface area contributed by atoms with Gasteiger partial charge in [0.05, 0.1) is 36.4 Å². The van der Waals surface area contributed by atoms with Gasteiger partial charge in [-0.15, -0.1) is 0 Å². The molecule has 4 rings (SSSR count). The number of halogens is 4. The van der Waals surface area contributed by atoms with E-state index >= 15 is 0 Å². The van der Waals surface area contributed by atoms with Crippen LogP contribution in [0.25, 0.3) is 5.69 Å². The topological polar surface area (TPSA) is 93.5 Å². The van der Waals surface area contributed by atoms with Gasteiger partial charge in [0, 0.05) is 6.26 Å². The van der Waals surface area contributed by atoms with Crippen molar-refractivity contribution in [1.82, 2.24) is 15.1 Å². The van der Waals surface area contributed by atoms with Crippen LogP contribution in [0, 0.1) is 5.82 Å². The second-order valence-electron chi connectivity index (χ2n) is 8.92. The second kappa shape index (κ2) is 10.3. The first-order valence-electron chi connectivity index (χ1n) is 11.7. The highest BCUT2D eigenvalue weighted by molar-refractivity contribution is 7.90. The molecule has 1 aliphatic heterocycles. The number of nitrogens with one attached hydrogen (secondary N) is 1. The number of ether oxygens (including phenoxy) is 1. The average Bonchev–Trinajstić information content (AvgIpc) is 3.29. The fraction of sp³-hybridized carbons (Fsp3) is 0.360. The minimum Gasteiger partial charge on any atom is -0.495 e. The Morgan fingerprint density at radius 1 is 1.21 bits per heavy atom. The van der Waals surface area contributed by atoms with Crippen molar-refractivity contribution >= 4 is 21.6 Å². The van der Waals surface area contributed by atoms with E-state index in [0.29, 0.717) is 28.3 Å². The van der Waals surface area contributed by atoms with E-state index in [1.54, 1.807) is 6.92 Å². The number of rotatable bonds is 6. The summed E-state index contributed by atoms with van der Waals surface area (Å²) in [4.78, 5) is 14.1. The third-order valence-electron chi connectivity index (χ3n) is 6.44. The van der Waals surface area contributed by atoms with Crippen molar-refractivity contribution in [3.63, 3.8) is 0 Å². The summed E-state index contributed by atoms with van der Waals surface area (Å²) < 4.78 is 86.2. The van der Waals surface area contributed by atoms with Gasteiger partial charge in [-0.05, 0) is 61.2 Å². The maximum absolute atomic E-state index is 14.1. The van der Waals surface area contributed by atoms with Crippen LogP contribution in [-0.2, 0) is 16.3 Å². The molecule has 8 nitrogen and oxygen atoms in total. The molecule has 0 bridgehead atoms. The third kappa shape index (κ3) is 5.33. The van der Waals surface area contributed by atoms with Crippen LogP contribution in [0.2, 0.25) is 0 Å². The van der Waals surface area contributed by atoms with Crippen LogP contribution in [-0.4, -0.2) is 49.8 Å². The Morgan fingerprint density at radius 3 is 2.47 bits per heavy atom. The van der Waals surface area contributed by atoms with Crippen molar-refractivity contribution in [3.05, 3.63) is 65.7 Å². The molecule has 1 unspecified atom stereocenters. The predicted octanol–water partition coefficient (Wildman–Crippen LogP) is 4.97. The molecule has 1 N–H and O–H groups in total. The Hall–Kier alpha value is -3.61. The minimum absolute atomic E-state index is 0.000239. The van der Waals surface area contributed by atoms with Crippen molar-refractivity contribution in [3.8, 4) is 11.4 Å². The molecule has 2 heterocycles.